The monoisotopic (exact) mass is 384 g/mol. The first-order valence-corrected chi connectivity index (χ1v) is 8.82. The van der Waals surface area contributed by atoms with E-state index >= 15 is 0 Å². The Morgan fingerprint density at radius 2 is 2.14 bits per heavy atom. The first-order chi connectivity index (χ1) is 10.5. The SMILES string of the molecule is CSCC[C@@H](NC(=O)c1ccccc1Br)C(=O)O[C@@H](C)C#N. The lowest BCUT2D eigenvalue weighted by Gasteiger charge is -2.18. The molecule has 0 saturated carbocycles. The minimum Gasteiger partial charge on any atom is -0.446 e. The van der Waals surface area contributed by atoms with Crippen LogP contribution in [-0.4, -0.2) is 36.0 Å². The van der Waals surface area contributed by atoms with Crippen molar-refractivity contribution in [2.24, 2.45) is 0 Å². The fraction of sp³-hybridized carbons (Fsp3) is 0.400. The van der Waals surface area contributed by atoms with Gasteiger partial charge in [0.25, 0.3) is 5.91 Å². The minimum absolute atomic E-state index is 0.361. The quantitative estimate of drug-likeness (QED) is 0.731. The lowest BCUT2D eigenvalue weighted by Crippen LogP contribution is -2.43. The molecule has 0 aliphatic carbocycles. The van der Waals surface area contributed by atoms with Crippen molar-refractivity contribution in [2.45, 2.75) is 25.5 Å². The van der Waals surface area contributed by atoms with E-state index in [4.69, 9.17) is 10.00 Å². The van der Waals surface area contributed by atoms with Crippen molar-refractivity contribution in [2.75, 3.05) is 12.0 Å². The molecule has 1 rings (SSSR count). The van der Waals surface area contributed by atoms with Crippen LogP contribution in [0, 0.1) is 11.3 Å². The van der Waals surface area contributed by atoms with Gasteiger partial charge in [0, 0.05) is 4.47 Å². The molecule has 0 radical (unpaired) electrons. The van der Waals surface area contributed by atoms with Crippen molar-refractivity contribution >= 4 is 39.6 Å². The van der Waals surface area contributed by atoms with Crippen LogP contribution in [0.5, 0.6) is 0 Å². The number of hydrogen-bond acceptors (Lipinski definition) is 5. The largest absolute Gasteiger partial charge is 0.446 e. The number of nitrogens with one attached hydrogen (secondary N) is 1. The van der Waals surface area contributed by atoms with Crippen LogP contribution in [0.4, 0.5) is 0 Å². The number of thioether (sulfide) groups is 1. The van der Waals surface area contributed by atoms with Crippen LogP contribution in [0.25, 0.3) is 0 Å². The number of nitrogens with zero attached hydrogens (tertiary/aromatic N) is 1. The highest BCUT2D eigenvalue weighted by atomic mass is 79.9. The summed E-state index contributed by atoms with van der Waals surface area (Å²) in [7, 11) is 0. The van der Waals surface area contributed by atoms with Gasteiger partial charge in [-0.2, -0.15) is 17.0 Å². The molecule has 1 aromatic rings. The molecule has 0 aliphatic heterocycles. The minimum atomic E-state index is -0.843. The van der Waals surface area contributed by atoms with E-state index in [-0.39, 0.29) is 5.91 Å². The number of benzene rings is 1. The molecule has 22 heavy (non-hydrogen) atoms. The Morgan fingerprint density at radius 1 is 1.45 bits per heavy atom. The maximum Gasteiger partial charge on any atom is 0.329 e. The normalized spacial score (nSPS) is 12.8. The maximum absolute atomic E-state index is 12.3. The van der Waals surface area contributed by atoms with E-state index in [0.717, 1.165) is 0 Å². The summed E-state index contributed by atoms with van der Waals surface area (Å²) in [6.45, 7) is 1.49. The van der Waals surface area contributed by atoms with Gasteiger partial charge in [0.15, 0.2) is 6.10 Å². The first-order valence-electron chi connectivity index (χ1n) is 6.64. The number of halogens is 1. The molecule has 0 unspecified atom stereocenters. The van der Waals surface area contributed by atoms with Crippen molar-refractivity contribution < 1.29 is 14.3 Å². The number of hydrogen-bond donors (Lipinski definition) is 1. The Labute approximate surface area is 142 Å². The number of amides is 1. The van der Waals surface area contributed by atoms with Gasteiger partial charge >= 0.3 is 5.97 Å². The Kier molecular flexibility index (Phi) is 7.99. The van der Waals surface area contributed by atoms with Crippen LogP contribution in [0.15, 0.2) is 28.7 Å². The van der Waals surface area contributed by atoms with E-state index < -0.39 is 18.1 Å². The molecular formula is C15H17BrN2O3S. The van der Waals surface area contributed by atoms with E-state index in [1.807, 2.05) is 12.3 Å². The van der Waals surface area contributed by atoms with E-state index in [1.165, 1.54) is 6.92 Å². The van der Waals surface area contributed by atoms with Crippen LogP contribution < -0.4 is 5.32 Å². The summed E-state index contributed by atoms with van der Waals surface area (Å²) in [5, 5.41) is 11.4. The Balaban J connectivity index is 2.80. The summed E-state index contributed by atoms with van der Waals surface area (Å²) in [6.07, 6.45) is 1.51. The smallest absolute Gasteiger partial charge is 0.329 e. The highest BCUT2D eigenvalue weighted by molar-refractivity contribution is 9.10. The second-order valence-electron chi connectivity index (χ2n) is 4.50. The Bertz CT molecular complexity index is 574. The van der Waals surface area contributed by atoms with Crippen molar-refractivity contribution in [1.29, 1.82) is 5.26 Å². The van der Waals surface area contributed by atoms with Gasteiger partial charge in [-0.25, -0.2) is 4.79 Å². The number of esters is 1. The van der Waals surface area contributed by atoms with Gasteiger partial charge in [0.05, 0.1) is 5.56 Å². The zero-order valence-corrected chi connectivity index (χ0v) is 14.7. The molecule has 0 aliphatic rings. The molecule has 1 amide bonds. The summed E-state index contributed by atoms with van der Waals surface area (Å²) < 4.78 is 5.64. The second-order valence-corrected chi connectivity index (χ2v) is 6.34. The van der Waals surface area contributed by atoms with Crippen molar-refractivity contribution in [3.05, 3.63) is 34.3 Å². The molecule has 0 fully saturated rings. The van der Waals surface area contributed by atoms with Gasteiger partial charge in [-0.05, 0) is 53.4 Å². The standard InChI is InChI=1S/C15H17BrN2O3S/c1-10(9-17)21-15(20)13(7-8-22-2)18-14(19)11-5-3-4-6-12(11)16/h3-6,10,13H,7-8H2,1-2H3,(H,18,19)/t10-,13+/m0/s1. The predicted molar refractivity (Wildman–Crippen MR) is 89.6 cm³/mol. The third-order valence-corrected chi connectivity index (χ3v) is 4.13. The molecule has 0 heterocycles. The van der Waals surface area contributed by atoms with Crippen molar-refractivity contribution in [3.63, 3.8) is 0 Å². The molecule has 1 N–H and O–H groups in total. The van der Waals surface area contributed by atoms with Crippen LogP contribution in [-0.2, 0) is 9.53 Å². The second kappa shape index (κ2) is 9.49. The van der Waals surface area contributed by atoms with Crippen molar-refractivity contribution in [1.82, 2.24) is 5.32 Å². The molecule has 0 saturated heterocycles. The zero-order chi connectivity index (χ0) is 16.5. The van der Waals surface area contributed by atoms with E-state index in [1.54, 1.807) is 36.0 Å². The number of ether oxygens (including phenoxy) is 1. The molecule has 5 nitrogen and oxygen atoms in total. The number of carbonyl (C=O) groups excluding carboxylic acids is 2. The van der Waals surface area contributed by atoms with E-state index in [9.17, 15) is 9.59 Å². The molecule has 7 heteroatoms. The highest BCUT2D eigenvalue weighted by Crippen LogP contribution is 2.16. The third kappa shape index (κ3) is 5.70. The fourth-order valence-electron chi connectivity index (χ4n) is 1.65. The van der Waals surface area contributed by atoms with Gasteiger partial charge in [0.1, 0.15) is 12.1 Å². The van der Waals surface area contributed by atoms with E-state index in [0.29, 0.717) is 22.2 Å². The number of rotatable bonds is 7. The molecule has 0 aromatic heterocycles. The lowest BCUT2D eigenvalue weighted by molar-refractivity contribution is -0.148. The van der Waals surface area contributed by atoms with Crippen LogP contribution in [0.3, 0.4) is 0 Å². The third-order valence-electron chi connectivity index (χ3n) is 2.79. The van der Waals surface area contributed by atoms with Gasteiger partial charge < -0.3 is 10.1 Å². The van der Waals surface area contributed by atoms with E-state index in [2.05, 4.69) is 21.2 Å². The topological polar surface area (TPSA) is 79.2 Å². The summed E-state index contributed by atoms with van der Waals surface area (Å²) in [5.41, 5.74) is 0.442. The van der Waals surface area contributed by atoms with Gasteiger partial charge in [-0.3, -0.25) is 4.79 Å². The summed E-state index contributed by atoms with van der Waals surface area (Å²) in [4.78, 5) is 24.3. The number of nitriles is 1. The first kappa shape index (κ1) is 18.5. The van der Waals surface area contributed by atoms with Gasteiger partial charge in [-0.1, -0.05) is 12.1 Å². The zero-order valence-electron chi connectivity index (χ0n) is 12.3. The molecule has 2 atom stereocenters. The molecule has 0 bridgehead atoms. The molecule has 118 valence electrons. The summed E-state index contributed by atoms with van der Waals surface area (Å²) in [5.74, 6) is -0.264. The average molecular weight is 385 g/mol. The van der Waals surface area contributed by atoms with Gasteiger partial charge in [-0.15, -0.1) is 0 Å². The fourth-order valence-corrected chi connectivity index (χ4v) is 2.58. The Morgan fingerprint density at radius 3 is 2.73 bits per heavy atom. The summed E-state index contributed by atoms with van der Waals surface area (Å²) in [6, 6.07) is 8.01. The Hall–Kier alpha value is -1.52. The lowest BCUT2D eigenvalue weighted by atomic mass is 10.1. The molecule has 1 aromatic carbocycles. The number of carbonyl (C=O) groups is 2. The highest BCUT2D eigenvalue weighted by Gasteiger charge is 2.24. The van der Waals surface area contributed by atoms with Crippen LogP contribution in [0.2, 0.25) is 0 Å². The van der Waals surface area contributed by atoms with Gasteiger partial charge in [0.2, 0.25) is 0 Å². The maximum atomic E-state index is 12.3. The van der Waals surface area contributed by atoms with Crippen molar-refractivity contribution in [3.8, 4) is 6.07 Å². The predicted octanol–water partition coefficient (Wildman–Crippen LogP) is 2.76. The van der Waals surface area contributed by atoms with Crippen LogP contribution >= 0.6 is 27.7 Å². The average Bonchev–Trinajstić information content (AvgIpc) is 2.51. The summed E-state index contributed by atoms with van der Waals surface area (Å²) >= 11 is 4.87. The molecule has 0 spiro atoms. The molecular weight excluding hydrogens is 368 g/mol. The van der Waals surface area contributed by atoms with Crippen LogP contribution in [0.1, 0.15) is 23.7 Å².